The van der Waals surface area contributed by atoms with Gasteiger partial charge in [0.1, 0.15) is 5.54 Å². The summed E-state index contributed by atoms with van der Waals surface area (Å²) in [5.74, 6) is -15.5. The van der Waals surface area contributed by atoms with Crippen molar-refractivity contribution in [3.05, 3.63) is 29.1 Å². The molecule has 0 bridgehead atoms. The molecule has 0 aromatic heterocycles. The third-order valence-corrected chi connectivity index (χ3v) is 20.8. The molecule has 0 spiro atoms. The van der Waals surface area contributed by atoms with Crippen molar-refractivity contribution in [2.24, 2.45) is 47.2 Å². The summed E-state index contributed by atoms with van der Waals surface area (Å²) >= 11 is 0. The highest BCUT2D eigenvalue weighted by atomic mass is 19.2. The zero-order valence-electron chi connectivity index (χ0n) is 63.0. The first kappa shape index (κ1) is 89.1. The SMILES string of the molecule is CC[C@H](C)[C@@H]([C@@H](CC(=O)N1CCC[C@H]1[C@H](OC)[C@@H](C)C(=O)OC)OC)N(C)C(=O)[C@@H](CC(=O)C(C)(C)N(C)C)C(C)C.CC[C@H](C)[C@@H]([C@@H](CC(=O)N1CCC[C@H]1[C@H](OC)[C@@H](C)C(=O)OC)OC)N(C)C(C)[C@@H](N)C(C)C.CN(C)C(C)(C)C(=O)Oc1c(F)c(F)c(F)c(F)c1F. The maximum atomic E-state index is 14.0. The number of ketones is 1. The molecular formula is C70H122F5N7O14. The summed E-state index contributed by atoms with van der Waals surface area (Å²) in [6, 6.07) is -0.570. The molecule has 2 aliphatic heterocycles. The Bertz CT molecular complexity index is 2630. The van der Waals surface area contributed by atoms with Gasteiger partial charge in [0, 0.05) is 79.0 Å². The van der Waals surface area contributed by atoms with E-state index in [2.05, 4.69) is 65.2 Å². The predicted octanol–water partition coefficient (Wildman–Crippen LogP) is 9.20. The number of hydrogen-bond acceptors (Lipinski definition) is 18. The van der Waals surface area contributed by atoms with Crippen molar-refractivity contribution in [1.82, 2.24) is 29.4 Å². The molecule has 556 valence electrons. The van der Waals surface area contributed by atoms with Crippen molar-refractivity contribution < 1.29 is 88.7 Å². The molecule has 1 unspecified atom stereocenters. The quantitative estimate of drug-likeness (QED) is 0.0223. The number of ether oxygens (including phenoxy) is 7. The van der Waals surface area contributed by atoms with E-state index in [1.165, 1.54) is 47.1 Å². The molecular weight excluding hydrogens is 1260 g/mol. The number of halogens is 5. The van der Waals surface area contributed by atoms with Crippen molar-refractivity contribution in [2.75, 3.05) is 98.0 Å². The van der Waals surface area contributed by atoms with Gasteiger partial charge in [-0.1, -0.05) is 68.2 Å². The molecule has 2 saturated heterocycles. The topological polar surface area (TPSA) is 230 Å². The fraction of sp³-hybridized carbons (Fsp3) is 0.814. The van der Waals surface area contributed by atoms with Crippen LogP contribution in [0.25, 0.3) is 0 Å². The third-order valence-electron chi connectivity index (χ3n) is 20.8. The number of benzene rings is 1. The number of rotatable bonds is 34. The first-order valence-electron chi connectivity index (χ1n) is 33.7. The molecule has 1 aromatic rings. The molecule has 2 aliphatic rings. The Hall–Kier alpha value is -4.96. The zero-order chi connectivity index (χ0) is 74.5. The highest BCUT2D eigenvalue weighted by Crippen LogP contribution is 2.35. The van der Waals surface area contributed by atoms with Gasteiger partial charge in [-0.2, -0.15) is 8.78 Å². The van der Waals surface area contributed by atoms with E-state index in [1.807, 2.05) is 51.6 Å². The minimum Gasteiger partial charge on any atom is -0.469 e. The van der Waals surface area contributed by atoms with Crippen LogP contribution in [0, 0.1) is 70.5 Å². The van der Waals surface area contributed by atoms with Gasteiger partial charge in [0.05, 0.1) is 87.0 Å². The van der Waals surface area contributed by atoms with Gasteiger partial charge in [-0.3, -0.25) is 43.5 Å². The number of nitrogens with two attached hydrogens (primary N) is 1. The van der Waals surface area contributed by atoms with Crippen LogP contribution >= 0.6 is 0 Å². The molecule has 2 heterocycles. The standard InChI is InChI=1S/C32H59N3O7.C26H51N3O5.C12H12F5NO2/c1-14-21(4)28(34(10)30(38)23(20(2)3)18-26(36)32(6,7)33(8)9)25(40-11)19-27(37)35-17-15-16-24(35)29(41-12)22(5)31(39)42-13;1-11-17(4)24(28(7)19(6)23(27)16(2)3)21(32-8)15-22(30)29-14-12-13-20(29)25(33-9)18(5)26(31)34-10;1-12(2,18(3)4)11(19)20-10-8(16)6(14)5(13)7(15)9(10)17/h20-25,28-29H,14-19H2,1-13H3;16-21,23-25H,11-15,27H2,1-10H3;1-4H3/t21-,22+,23-,24-,25+,28-,29+;17-,18+,19?,20-,21+,23-,24-,25+;/m00./s1. The van der Waals surface area contributed by atoms with Gasteiger partial charge in [-0.15, -0.1) is 0 Å². The number of likely N-dealkylation sites (N-methyl/N-ethyl adjacent to an activating group) is 4. The summed E-state index contributed by atoms with van der Waals surface area (Å²) in [5.41, 5.74) is 4.49. The monoisotopic (exact) mass is 1380 g/mol. The zero-order valence-corrected chi connectivity index (χ0v) is 63.0. The lowest BCUT2D eigenvalue weighted by molar-refractivity contribution is -0.155. The molecule has 3 amide bonds. The second kappa shape index (κ2) is 40.3. The molecule has 0 saturated carbocycles. The highest BCUT2D eigenvalue weighted by Gasteiger charge is 2.46. The molecule has 2 fully saturated rings. The van der Waals surface area contributed by atoms with Gasteiger partial charge in [0.2, 0.25) is 52.6 Å². The number of amides is 3. The molecule has 26 heteroatoms. The van der Waals surface area contributed by atoms with E-state index in [1.54, 1.807) is 59.1 Å². The van der Waals surface area contributed by atoms with Crippen molar-refractivity contribution in [3.63, 3.8) is 0 Å². The summed E-state index contributed by atoms with van der Waals surface area (Å²) in [6.45, 7) is 30.1. The number of methoxy groups -OCH3 is 6. The van der Waals surface area contributed by atoms with E-state index in [0.29, 0.717) is 24.9 Å². The third kappa shape index (κ3) is 22.5. The molecule has 2 N–H and O–H groups in total. The van der Waals surface area contributed by atoms with E-state index >= 15 is 0 Å². The number of nitrogens with zero attached hydrogens (tertiary/aromatic N) is 6. The molecule has 0 aliphatic carbocycles. The first-order valence-corrected chi connectivity index (χ1v) is 33.7. The number of likely N-dealkylation sites (tertiary alicyclic amines) is 2. The fourth-order valence-corrected chi connectivity index (χ4v) is 12.6. The predicted molar refractivity (Wildman–Crippen MR) is 359 cm³/mol. The van der Waals surface area contributed by atoms with Crippen molar-refractivity contribution >= 4 is 41.4 Å². The van der Waals surface area contributed by atoms with Gasteiger partial charge in [-0.25, -0.2) is 18.0 Å². The number of Topliss-reactive ketones (excluding diaryl/α,β-unsaturated/α-hetero) is 1. The van der Waals surface area contributed by atoms with E-state index in [4.69, 9.17) is 34.2 Å². The number of esters is 3. The van der Waals surface area contributed by atoms with Crippen LogP contribution in [-0.4, -0.2) is 241 Å². The van der Waals surface area contributed by atoms with E-state index in [0.717, 1.165) is 38.5 Å². The summed E-state index contributed by atoms with van der Waals surface area (Å²) in [6.07, 6.45) is 3.76. The van der Waals surface area contributed by atoms with Crippen LogP contribution in [0.5, 0.6) is 5.75 Å². The van der Waals surface area contributed by atoms with Gasteiger partial charge < -0.3 is 53.6 Å². The highest BCUT2D eigenvalue weighted by molar-refractivity contribution is 5.92. The Morgan fingerprint density at radius 3 is 1.25 bits per heavy atom. The Morgan fingerprint density at radius 2 is 0.917 bits per heavy atom. The van der Waals surface area contributed by atoms with Crippen LogP contribution < -0.4 is 10.5 Å². The largest absolute Gasteiger partial charge is 0.469 e. The lowest BCUT2D eigenvalue weighted by Crippen LogP contribution is -2.57. The van der Waals surface area contributed by atoms with Gasteiger partial charge >= 0.3 is 17.9 Å². The maximum absolute atomic E-state index is 14.0. The van der Waals surface area contributed by atoms with Gasteiger partial charge in [-0.05, 0) is 133 Å². The van der Waals surface area contributed by atoms with Crippen LogP contribution in [0.2, 0.25) is 0 Å². The molecule has 15 atom stereocenters. The summed E-state index contributed by atoms with van der Waals surface area (Å²) in [5, 5.41) is 0. The van der Waals surface area contributed by atoms with Crippen molar-refractivity contribution in [3.8, 4) is 5.75 Å². The van der Waals surface area contributed by atoms with Crippen LogP contribution in [0.3, 0.4) is 0 Å². The fourth-order valence-electron chi connectivity index (χ4n) is 12.6. The van der Waals surface area contributed by atoms with E-state index in [-0.39, 0.29) is 109 Å². The van der Waals surface area contributed by atoms with Crippen LogP contribution in [-0.2, 0) is 62.0 Å². The Kier molecular flexibility index (Phi) is 37.4. The lowest BCUT2D eigenvalue weighted by Gasteiger charge is -2.43. The Morgan fingerprint density at radius 1 is 0.542 bits per heavy atom. The maximum Gasteiger partial charge on any atom is 0.331 e. The average molecular weight is 1380 g/mol. The normalized spacial score (nSPS) is 19.4. The van der Waals surface area contributed by atoms with Crippen LogP contribution in [0.15, 0.2) is 0 Å². The molecule has 3 rings (SSSR count). The van der Waals surface area contributed by atoms with Crippen LogP contribution in [0.1, 0.15) is 162 Å². The van der Waals surface area contributed by atoms with E-state index in [9.17, 15) is 55.5 Å². The molecule has 0 radical (unpaired) electrons. The number of carbonyl (C=O) groups excluding carboxylic acids is 7. The second-order valence-electron chi connectivity index (χ2n) is 28.2. The Labute approximate surface area is 570 Å². The minimum atomic E-state index is -2.31. The summed E-state index contributed by atoms with van der Waals surface area (Å²) in [7, 11) is 19.7. The molecule has 21 nitrogen and oxygen atoms in total. The van der Waals surface area contributed by atoms with Gasteiger partial charge in [0.25, 0.3) is 0 Å². The van der Waals surface area contributed by atoms with E-state index < -0.39 is 87.9 Å². The number of carbonyl (C=O) groups is 7. The summed E-state index contributed by atoms with van der Waals surface area (Å²) in [4.78, 5) is 102. The van der Waals surface area contributed by atoms with Crippen molar-refractivity contribution in [1.29, 1.82) is 0 Å². The van der Waals surface area contributed by atoms with Crippen molar-refractivity contribution in [2.45, 2.75) is 233 Å². The average Bonchev–Trinajstić information content (AvgIpc) is 1.38. The molecule has 1 aromatic carbocycles. The Balaban J connectivity index is 0.000000763. The van der Waals surface area contributed by atoms with Crippen LogP contribution in [0.4, 0.5) is 22.0 Å². The second-order valence-corrected chi connectivity index (χ2v) is 28.2. The van der Waals surface area contributed by atoms with Gasteiger partial charge in [0.15, 0.2) is 5.78 Å². The minimum absolute atomic E-state index is 0.0143. The summed E-state index contributed by atoms with van der Waals surface area (Å²) < 4.78 is 103. The number of hydrogen-bond donors (Lipinski definition) is 1. The lowest BCUT2D eigenvalue weighted by atomic mass is 9.82. The first-order chi connectivity index (χ1) is 44.5. The smallest absolute Gasteiger partial charge is 0.331 e. The molecule has 96 heavy (non-hydrogen) atoms.